The Balaban J connectivity index is 1.33. The average molecular weight is 507 g/mol. The van der Waals surface area contributed by atoms with Gasteiger partial charge in [0, 0.05) is 36.7 Å². The van der Waals surface area contributed by atoms with E-state index in [4.69, 9.17) is 9.47 Å². The second-order valence-electron chi connectivity index (χ2n) is 11.5. The number of likely N-dealkylation sites (tertiary alicyclic amines) is 1. The van der Waals surface area contributed by atoms with Crippen molar-refractivity contribution >= 4 is 5.91 Å². The highest BCUT2D eigenvalue weighted by Crippen LogP contribution is 2.51. The molecule has 1 N–H and O–H groups in total. The Kier molecular flexibility index (Phi) is 6.87. The van der Waals surface area contributed by atoms with E-state index in [0.717, 1.165) is 19.4 Å². The number of rotatable bonds is 4. The highest BCUT2D eigenvalue weighted by molar-refractivity contribution is 5.83. The number of methoxy groups -OCH3 is 1. The van der Waals surface area contributed by atoms with Gasteiger partial charge in [0.05, 0.1) is 19.6 Å². The SMILES string of the molecule is COc1ccc(F)c2c1OCCC21CNCC1C(=O)N1CCC(c2ccccc2)CC1C1CCCCC1. The molecule has 3 heterocycles. The van der Waals surface area contributed by atoms with E-state index in [-0.39, 0.29) is 23.7 Å². The molecule has 1 saturated carbocycles. The minimum atomic E-state index is -0.614. The summed E-state index contributed by atoms with van der Waals surface area (Å²) < 4.78 is 27.0. The van der Waals surface area contributed by atoms with Gasteiger partial charge in [-0.25, -0.2) is 4.39 Å². The number of carbonyl (C=O) groups excluding carboxylic acids is 1. The predicted octanol–water partition coefficient (Wildman–Crippen LogP) is 5.43. The molecule has 3 fully saturated rings. The van der Waals surface area contributed by atoms with Crippen LogP contribution in [0, 0.1) is 17.7 Å². The molecule has 1 amide bonds. The van der Waals surface area contributed by atoms with Gasteiger partial charge in [-0.3, -0.25) is 4.79 Å². The third-order valence-corrected chi connectivity index (χ3v) is 9.73. The van der Waals surface area contributed by atoms with Crippen LogP contribution in [0.5, 0.6) is 11.5 Å². The fourth-order valence-corrected chi connectivity index (χ4v) is 7.84. The first-order chi connectivity index (χ1) is 18.1. The zero-order valence-electron chi connectivity index (χ0n) is 21.9. The number of nitrogens with zero attached hydrogens (tertiary/aromatic N) is 1. The highest BCUT2D eigenvalue weighted by atomic mass is 19.1. The molecule has 0 bridgehead atoms. The van der Waals surface area contributed by atoms with E-state index < -0.39 is 5.41 Å². The average Bonchev–Trinajstić information content (AvgIpc) is 3.37. The Morgan fingerprint density at radius 1 is 1.11 bits per heavy atom. The number of fused-ring (bicyclic) bond motifs is 2. The second-order valence-corrected chi connectivity index (χ2v) is 11.5. The fourth-order valence-electron chi connectivity index (χ4n) is 7.84. The maximum atomic E-state index is 15.5. The molecule has 4 unspecified atom stereocenters. The van der Waals surface area contributed by atoms with Crippen LogP contribution in [0.3, 0.4) is 0 Å². The van der Waals surface area contributed by atoms with Crippen LogP contribution in [-0.2, 0) is 10.2 Å². The maximum absolute atomic E-state index is 15.5. The van der Waals surface area contributed by atoms with Gasteiger partial charge in [0.2, 0.25) is 5.91 Å². The summed E-state index contributed by atoms with van der Waals surface area (Å²) in [7, 11) is 1.58. The van der Waals surface area contributed by atoms with Crippen LogP contribution in [0.4, 0.5) is 4.39 Å². The van der Waals surface area contributed by atoms with Crippen LogP contribution in [-0.4, -0.2) is 50.2 Å². The fraction of sp³-hybridized carbons (Fsp3) is 0.581. The zero-order valence-corrected chi connectivity index (χ0v) is 21.9. The molecule has 0 aromatic heterocycles. The summed E-state index contributed by atoms with van der Waals surface area (Å²) in [5, 5.41) is 3.48. The molecule has 2 aromatic rings. The summed E-state index contributed by atoms with van der Waals surface area (Å²) in [6, 6.07) is 14.1. The number of amides is 1. The Bertz CT molecular complexity index is 1120. The predicted molar refractivity (Wildman–Crippen MR) is 142 cm³/mol. The number of hydrogen-bond acceptors (Lipinski definition) is 4. The van der Waals surface area contributed by atoms with Crippen LogP contribution in [0.15, 0.2) is 42.5 Å². The van der Waals surface area contributed by atoms with Crippen LogP contribution in [0.1, 0.15) is 68.4 Å². The molecule has 2 aromatic carbocycles. The third kappa shape index (κ3) is 4.31. The lowest BCUT2D eigenvalue weighted by Crippen LogP contribution is -2.55. The first kappa shape index (κ1) is 24.7. The number of ether oxygens (including phenoxy) is 2. The van der Waals surface area contributed by atoms with E-state index in [0.29, 0.717) is 55.0 Å². The molecular formula is C31H39FN2O3. The van der Waals surface area contributed by atoms with Crippen LogP contribution in [0.2, 0.25) is 0 Å². The van der Waals surface area contributed by atoms with Gasteiger partial charge < -0.3 is 19.7 Å². The molecule has 6 heteroatoms. The molecule has 198 valence electrons. The van der Waals surface area contributed by atoms with Gasteiger partial charge in [-0.15, -0.1) is 0 Å². The Labute approximate surface area is 219 Å². The van der Waals surface area contributed by atoms with Crippen molar-refractivity contribution in [3.63, 3.8) is 0 Å². The lowest BCUT2D eigenvalue weighted by atomic mass is 9.67. The molecule has 6 rings (SSSR count). The quantitative estimate of drug-likeness (QED) is 0.601. The minimum Gasteiger partial charge on any atom is -0.493 e. The van der Waals surface area contributed by atoms with Crippen LogP contribution < -0.4 is 14.8 Å². The van der Waals surface area contributed by atoms with Crippen molar-refractivity contribution in [1.82, 2.24) is 10.2 Å². The van der Waals surface area contributed by atoms with Gasteiger partial charge in [0.15, 0.2) is 11.5 Å². The Morgan fingerprint density at radius 3 is 2.70 bits per heavy atom. The topological polar surface area (TPSA) is 50.8 Å². The van der Waals surface area contributed by atoms with Gasteiger partial charge in [0.1, 0.15) is 5.82 Å². The van der Waals surface area contributed by atoms with Crippen molar-refractivity contribution in [1.29, 1.82) is 0 Å². The largest absolute Gasteiger partial charge is 0.493 e. The van der Waals surface area contributed by atoms with Crippen molar-refractivity contribution in [2.45, 2.75) is 68.7 Å². The van der Waals surface area contributed by atoms with Crippen molar-refractivity contribution in [2.75, 3.05) is 33.4 Å². The summed E-state index contributed by atoms with van der Waals surface area (Å²) in [5.74, 6) is 1.63. The third-order valence-electron chi connectivity index (χ3n) is 9.73. The van der Waals surface area contributed by atoms with Crippen LogP contribution >= 0.6 is 0 Å². The monoisotopic (exact) mass is 506 g/mol. The number of carbonyl (C=O) groups is 1. The molecule has 1 aliphatic carbocycles. The summed E-state index contributed by atoms with van der Waals surface area (Å²) >= 11 is 0. The first-order valence-electron chi connectivity index (χ1n) is 14.2. The number of hydrogen-bond donors (Lipinski definition) is 1. The number of halogens is 1. The van der Waals surface area contributed by atoms with E-state index in [1.54, 1.807) is 13.2 Å². The first-order valence-corrected chi connectivity index (χ1v) is 14.2. The summed E-state index contributed by atoms with van der Waals surface area (Å²) in [4.78, 5) is 16.8. The summed E-state index contributed by atoms with van der Waals surface area (Å²) in [6.45, 7) is 2.39. The van der Waals surface area contributed by atoms with E-state index in [1.807, 2.05) is 0 Å². The number of piperidine rings is 1. The maximum Gasteiger partial charge on any atom is 0.228 e. The van der Waals surface area contributed by atoms with E-state index in [2.05, 4.69) is 40.5 Å². The van der Waals surface area contributed by atoms with Crippen LogP contribution in [0.25, 0.3) is 0 Å². The minimum absolute atomic E-state index is 0.196. The number of benzene rings is 2. The molecule has 2 saturated heterocycles. The normalized spacial score (nSPS) is 30.1. The van der Waals surface area contributed by atoms with Crippen molar-refractivity contribution in [2.24, 2.45) is 11.8 Å². The molecule has 5 nitrogen and oxygen atoms in total. The second kappa shape index (κ2) is 10.3. The van der Waals surface area contributed by atoms with Crippen molar-refractivity contribution in [3.8, 4) is 11.5 Å². The number of nitrogens with one attached hydrogen (secondary N) is 1. The van der Waals surface area contributed by atoms with Crippen molar-refractivity contribution in [3.05, 3.63) is 59.4 Å². The lowest BCUT2D eigenvalue weighted by molar-refractivity contribution is -0.143. The highest BCUT2D eigenvalue weighted by Gasteiger charge is 2.55. The molecule has 4 aliphatic rings. The Hall–Kier alpha value is -2.60. The smallest absolute Gasteiger partial charge is 0.228 e. The molecular weight excluding hydrogens is 467 g/mol. The zero-order chi connectivity index (χ0) is 25.4. The van der Waals surface area contributed by atoms with E-state index >= 15 is 4.39 Å². The van der Waals surface area contributed by atoms with Gasteiger partial charge in [-0.05, 0) is 61.6 Å². The van der Waals surface area contributed by atoms with Gasteiger partial charge >= 0.3 is 0 Å². The summed E-state index contributed by atoms with van der Waals surface area (Å²) in [5.41, 5.74) is 1.30. The molecule has 1 spiro atoms. The molecule has 4 atom stereocenters. The Morgan fingerprint density at radius 2 is 1.92 bits per heavy atom. The van der Waals surface area contributed by atoms with E-state index in [1.165, 1.54) is 43.7 Å². The lowest BCUT2D eigenvalue weighted by Gasteiger charge is -2.48. The van der Waals surface area contributed by atoms with E-state index in [9.17, 15) is 4.79 Å². The standard InChI is InChI=1S/C31H39FN2O3/c1-36-27-13-12-25(32)28-29(27)37-17-15-31(28)20-33-19-24(31)30(35)34-16-14-23(21-8-4-2-5-9-21)18-26(34)22-10-6-3-7-11-22/h2,4-5,8-9,12-13,22-24,26,33H,3,6-7,10-11,14-20H2,1H3. The van der Waals surface area contributed by atoms with Gasteiger partial charge in [-0.1, -0.05) is 49.6 Å². The van der Waals surface area contributed by atoms with Crippen molar-refractivity contribution < 1.29 is 18.7 Å². The van der Waals surface area contributed by atoms with Gasteiger partial charge in [0.25, 0.3) is 0 Å². The molecule has 3 aliphatic heterocycles. The molecule has 37 heavy (non-hydrogen) atoms. The van der Waals surface area contributed by atoms with Gasteiger partial charge in [-0.2, -0.15) is 0 Å². The molecule has 0 radical (unpaired) electrons. The summed E-state index contributed by atoms with van der Waals surface area (Å²) in [6.07, 6.45) is 8.84.